The molecule has 4 aliphatic carbocycles. The monoisotopic (exact) mass is 373 g/mol. The normalized spacial score (nSPS) is 60.1. The number of aliphatic hydroxyl groups is 1. The fourth-order valence-electron chi connectivity index (χ4n) is 9.49. The van der Waals surface area contributed by atoms with Gasteiger partial charge in [-0.2, -0.15) is 0 Å². The van der Waals surface area contributed by atoms with Gasteiger partial charge >= 0.3 is 0 Å². The fourth-order valence-corrected chi connectivity index (χ4v) is 9.49. The van der Waals surface area contributed by atoms with Crippen LogP contribution in [0.25, 0.3) is 0 Å². The van der Waals surface area contributed by atoms with Gasteiger partial charge in [0.15, 0.2) is 0 Å². The molecule has 0 radical (unpaired) electrons. The van der Waals surface area contributed by atoms with Gasteiger partial charge in [0, 0.05) is 11.5 Å². The van der Waals surface area contributed by atoms with Gasteiger partial charge in [-0.05, 0) is 100 Å². The van der Waals surface area contributed by atoms with Crippen LogP contribution in [0.5, 0.6) is 0 Å². The molecular weight excluding hydrogens is 334 g/mol. The summed E-state index contributed by atoms with van der Waals surface area (Å²) in [5.41, 5.74) is 0.728. The molecule has 9 atom stereocenters. The zero-order chi connectivity index (χ0) is 18.4. The van der Waals surface area contributed by atoms with Crippen LogP contribution in [0.15, 0.2) is 0 Å². The van der Waals surface area contributed by atoms with Crippen molar-refractivity contribution in [2.75, 3.05) is 13.1 Å². The first-order valence-electron chi connectivity index (χ1n) is 12.1. The molecule has 6 aliphatic rings. The standard InChI is InChI=1S/C24H39NO2/c1-22-12-10-18-16(17(22)8-9-20(22)26)15-21-24(27-21)11-6-7-19(23(18,24)2)25-13-4-3-5-14-25/h16-21,26H,3-15H2,1-2H3/t16-,17-,18+,19?,20?,21?,22-,23-,24?/m0/s1. The van der Waals surface area contributed by atoms with E-state index in [-0.39, 0.29) is 17.1 Å². The van der Waals surface area contributed by atoms with E-state index in [1.807, 2.05) is 0 Å². The zero-order valence-corrected chi connectivity index (χ0v) is 17.5. The van der Waals surface area contributed by atoms with Crippen LogP contribution in [0.1, 0.15) is 84.5 Å². The fraction of sp³-hybridized carbons (Fsp3) is 1.00. The van der Waals surface area contributed by atoms with E-state index in [9.17, 15) is 5.11 Å². The van der Waals surface area contributed by atoms with E-state index in [0.29, 0.717) is 11.5 Å². The van der Waals surface area contributed by atoms with Crippen molar-refractivity contribution in [3.63, 3.8) is 0 Å². The summed E-state index contributed by atoms with van der Waals surface area (Å²) in [5.74, 6) is 2.33. The van der Waals surface area contributed by atoms with Crippen molar-refractivity contribution in [2.24, 2.45) is 28.6 Å². The number of ether oxygens (including phenoxy) is 1. The van der Waals surface area contributed by atoms with Crippen LogP contribution in [0.3, 0.4) is 0 Å². The maximum Gasteiger partial charge on any atom is 0.102 e. The molecule has 4 saturated carbocycles. The number of epoxide rings is 1. The predicted molar refractivity (Wildman–Crippen MR) is 106 cm³/mol. The third kappa shape index (κ3) is 2.10. The Labute approximate surface area is 165 Å². The van der Waals surface area contributed by atoms with E-state index in [2.05, 4.69) is 18.7 Å². The Kier molecular flexibility index (Phi) is 3.76. The number of likely N-dealkylation sites (tertiary alicyclic amines) is 1. The second-order valence-electron chi connectivity index (χ2n) is 11.5. The van der Waals surface area contributed by atoms with Gasteiger partial charge in [-0.15, -0.1) is 0 Å². The van der Waals surface area contributed by atoms with E-state index in [1.54, 1.807) is 0 Å². The molecule has 1 N–H and O–H groups in total. The molecule has 1 spiro atoms. The molecule has 6 rings (SSSR count). The lowest BCUT2D eigenvalue weighted by Crippen LogP contribution is -2.66. The van der Waals surface area contributed by atoms with Crippen molar-refractivity contribution in [1.82, 2.24) is 4.90 Å². The quantitative estimate of drug-likeness (QED) is 0.693. The molecular formula is C24H39NO2. The lowest BCUT2D eigenvalue weighted by atomic mass is 9.43. The van der Waals surface area contributed by atoms with Crippen molar-refractivity contribution in [1.29, 1.82) is 0 Å². The van der Waals surface area contributed by atoms with Crippen LogP contribution in [-0.2, 0) is 4.74 Å². The Hall–Kier alpha value is -0.120. The molecule has 0 bridgehead atoms. The minimum atomic E-state index is -0.0627. The van der Waals surface area contributed by atoms with Crippen LogP contribution in [0.4, 0.5) is 0 Å². The van der Waals surface area contributed by atoms with Crippen LogP contribution in [-0.4, -0.2) is 46.9 Å². The minimum Gasteiger partial charge on any atom is -0.393 e. The van der Waals surface area contributed by atoms with Crippen molar-refractivity contribution >= 4 is 0 Å². The average Bonchev–Trinajstić information content (AvgIpc) is 3.30. The van der Waals surface area contributed by atoms with Crippen molar-refractivity contribution in [3.8, 4) is 0 Å². The molecule has 2 saturated heterocycles. The van der Waals surface area contributed by atoms with Gasteiger partial charge in [-0.3, -0.25) is 4.90 Å². The molecule has 0 amide bonds. The van der Waals surface area contributed by atoms with Crippen molar-refractivity contribution in [2.45, 2.75) is 108 Å². The summed E-state index contributed by atoms with van der Waals surface area (Å²) < 4.78 is 6.70. The summed E-state index contributed by atoms with van der Waals surface area (Å²) >= 11 is 0. The highest BCUT2D eigenvalue weighted by Crippen LogP contribution is 2.73. The minimum absolute atomic E-state index is 0.0627. The summed E-state index contributed by atoms with van der Waals surface area (Å²) in [6, 6.07) is 0.736. The summed E-state index contributed by atoms with van der Waals surface area (Å²) in [7, 11) is 0. The van der Waals surface area contributed by atoms with Crippen LogP contribution in [0.2, 0.25) is 0 Å². The van der Waals surface area contributed by atoms with Crippen LogP contribution >= 0.6 is 0 Å². The molecule has 0 aromatic heterocycles. The Morgan fingerprint density at radius 1 is 0.889 bits per heavy atom. The van der Waals surface area contributed by atoms with Gasteiger partial charge < -0.3 is 9.84 Å². The number of hydrogen-bond donors (Lipinski definition) is 1. The predicted octanol–water partition coefficient (Wildman–Crippen LogP) is 4.38. The van der Waals surface area contributed by atoms with Gasteiger partial charge in [-0.25, -0.2) is 0 Å². The van der Waals surface area contributed by atoms with E-state index in [4.69, 9.17) is 4.74 Å². The number of aliphatic hydroxyl groups excluding tert-OH is 1. The van der Waals surface area contributed by atoms with Gasteiger partial charge in [0.25, 0.3) is 0 Å². The Morgan fingerprint density at radius 3 is 2.52 bits per heavy atom. The second kappa shape index (κ2) is 5.73. The van der Waals surface area contributed by atoms with Crippen molar-refractivity contribution < 1.29 is 9.84 Å². The number of rotatable bonds is 1. The maximum absolute atomic E-state index is 10.8. The highest BCUT2D eigenvalue weighted by molar-refractivity contribution is 5.26. The van der Waals surface area contributed by atoms with E-state index in [1.165, 1.54) is 77.3 Å². The Bertz CT molecular complexity index is 618. The number of nitrogens with zero attached hydrogens (tertiary/aromatic N) is 1. The first kappa shape index (κ1) is 17.7. The summed E-state index contributed by atoms with van der Waals surface area (Å²) in [6.07, 6.45) is 14.9. The van der Waals surface area contributed by atoms with Crippen LogP contribution < -0.4 is 0 Å². The first-order valence-corrected chi connectivity index (χ1v) is 12.1. The van der Waals surface area contributed by atoms with E-state index in [0.717, 1.165) is 30.2 Å². The number of fused-ring (bicyclic) bond motifs is 4. The second-order valence-corrected chi connectivity index (χ2v) is 11.5. The molecule has 3 heteroatoms. The molecule has 6 fully saturated rings. The number of hydrogen-bond acceptors (Lipinski definition) is 3. The van der Waals surface area contributed by atoms with Gasteiger partial charge in [-0.1, -0.05) is 20.3 Å². The lowest BCUT2D eigenvalue weighted by Gasteiger charge is -2.62. The summed E-state index contributed by atoms with van der Waals surface area (Å²) in [5, 5.41) is 10.8. The van der Waals surface area contributed by atoms with E-state index >= 15 is 0 Å². The molecule has 0 aromatic rings. The van der Waals surface area contributed by atoms with E-state index < -0.39 is 0 Å². The maximum atomic E-state index is 10.8. The summed E-state index contributed by atoms with van der Waals surface area (Å²) in [6.45, 7) is 7.71. The Morgan fingerprint density at radius 2 is 1.70 bits per heavy atom. The highest BCUT2D eigenvalue weighted by atomic mass is 16.6. The molecule has 27 heavy (non-hydrogen) atoms. The van der Waals surface area contributed by atoms with Gasteiger partial charge in [0.05, 0.1) is 12.2 Å². The number of piperidine rings is 1. The highest BCUT2D eigenvalue weighted by Gasteiger charge is 2.77. The molecule has 2 aliphatic heterocycles. The smallest absolute Gasteiger partial charge is 0.102 e. The van der Waals surface area contributed by atoms with Crippen molar-refractivity contribution in [3.05, 3.63) is 0 Å². The van der Waals surface area contributed by atoms with Gasteiger partial charge in [0.2, 0.25) is 0 Å². The van der Waals surface area contributed by atoms with Gasteiger partial charge in [0.1, 0.15) is 5.60 Å². The van der Waals surface area contributed by atoms with Crippen LogP contribution in [0, 0.1) is 28.6 Å². The third-order valence-electron chi connectivity index (χ3n) is 10.9. The molecule has 152 valence electrons. The topological polar surface area (TPSA) is 36.0 Å². The Balaban J connectivity index is 1.38. The SMILES string of the molecule is C[C@]12CC[C@@H]3[C@@H](CC4OC45CCCC(N4CCCCC4)[C@]35C)[C@@H]1CCC2O. The molecule has 2 heterocycles. The molecule has 0 aromatic carbocycles. The molecule has 4 unspecified atom stereocenters. The molecule has 3 nitrogen and oxygen atoms in total. The summed E-state index contributed by atoms with van der Waals surface area (Å²) in [4.78, 5) is 2.89. The lowest BCUT2D eigenvalue weighted by molar-refractivity contribution is -0.143. The zero-order valence-electron chi connectivity index (χ0n) is 17.5. The third-order valence-corrected chi connectivity index (χ3v) is 10.9. The first-order chi connectivity index (χ1) is 13.0. The average molecular weight is 374 g/mol. The largest absolute Gasteiger partial charge is 0.393 e.